The summed E-state index contributed by atoms with van der Waals surface area (Å²) in [4.78, 5) is 39.6. The SMILES string of the molecule is Cc1cn(CC(=O)N2CCC3(CC2)C[C@](C)(O)[C@@H](O)CO3)c(=O)[nH]c1=O. The molecule has 2 aliphatic rings. The Kier molecular flexibility index (Phi) is 4.80. The van der Waals surface area contributed by atoms with Gasteiger partial charge in [-0.2, -0.15) is 0 Å². The van der Waals surface area contributed by atoms with Crippen molar-refractivity contribution in [1.29, 1.82) is 0 Å². The molecule has 0 bridgehead atoms. The summed E-state index contributed by atoms with van der Waals surface area (Å²) in [5.74, 6) is -0.212. The van der Waals surface area contributed by atoms with E-state index in [1.807, 2.05) is 0 Å². The standard InChI is InChI=1S/C17H25N3O6/c1-11-7-20(15(24)18-14(11)23)8-13(22)19-5-3-17(4-6-19)10-16(2,25)12(21)9-26-17/h7,12,21,25H,3-6,8-10H2,1-2H3,(H,18,23,24)/t12-,16-/m0/s1. The van der Waals surface area contributed by atoms with Gasteiger partial charge in [0.15, 0.2) is 0 Å². The van der Waals surface area contributed by atoms with Crippen LogP contribution in [0.3, 0.4) is 0 Å². The second kappa shape index (κ2) is 6.64. The summed E-state index contributed by atoms with van der Waals surface area (Å²) in [6, 6.07) is 0. The summed E-state index contributed by atoms with van der Waals surface area (Å²) < 4.78 is 7.00. The molecule has 9 nitrogen and oxygen atoms in total. The fraction of sp³-hybridized carbons (Fsp3) is 0.706. The molecule has 1 amide bonds. The van der Waals surface area contributed by atoms with Crippen molar-refractivity contribution in [1.82, 2.24) is 14.5 Å². The monoisotopic (exact) mass is 367 g/mol. The molecular formula is C17H25N3O6. The van der Waals surface area contributed by atoms with E-state index in [1.54, 1.807) is 18.7 Å². The number of carbonyl (C=O) groups excluding carboxylic acids is 1. The third kappa shape index (κ3) is 3.60. The number of hydrogen-bond donors (Lipinski definition) is 3. The van der Waals surface area contributed by atoms with E-state index in [0.717, 1.165) is 0 Å². The lowest BCUT2D eigenvalue weighted by Gasteiger charge is -2.49. The average molecular weight is 367 g/mol. The van der Waals surface area contributed by atoms with Crippen LogP contribution in [0, 0.1) is 6.92 Å². The molecule has 26 heavy (non-hydrogen) atoms. The van der Waals surface area contributed by atoms with Crippen LogP contribution in [-0.2, 0) is 16.1 Å². The molecule has 3 heterocycles. The molecule has 2 fully saturated rings. The van der Waals surface area contributed by atoms with Crippen LogP contribution in [0.2, 0.25) is 0 Å². The van der Waals surface area contributed by atoms with Crippen molar-refractivity contribution in [2.24, 2.45) is 0 Å². The fourth-order valence-electron chi connectivity index (χ4n) is 3.72. The quantitative estimate of drug-likeness (QED) is 0.599. The van der Waals surface area contributed by atoms with Gasteiger partial charge in [-0.3, -0.25) is 19.1 Å². The van der Waals surface area contributed by atoms with Gasteiger partial charge in [0.2, 0.25) is 5.91 Å². The fourth-order valence-corrected chi connectivity index (χ4v) is 3.72. The van der Waals surface area contributed by atoms with Crippen LogP contribution in [0.25, 0.3) is 0 Å². The number of nitrogens with zero attached hydrogens (tertiary/aromatic N) is 2. The van der Waals surface area contributed by atoms with Crippen molar-refractivity contribution in [3.63, 3.8) is 0 Å². The first-order chi connectivity index (χ1) is 12.1. The van der Waals surface area contributed by atoms with Crippen LogP contribution >= 0.6 is 0 Å². The number of carbonyl (C=O) groups is 1. The Labute approximate surface area is 150 Å². The van der Waals surface area contributed by atoms with Crippen LogP contribution in [0.15, 0.2) is 15.8 Å². The van der Waals surface area contributed by atoms with Crippen LogP contribution in [-0.4, -0.2) is 67.6 Å². The Morgan fingerprint density at radius 1 is 1.38 bits per heavy atom. The topological polar surface area (TPSA) is 125 Å². The number of piperidine rings is 1. The number of aryl methyl sites for hydroxylation is 1. The predicted molar refractivity (Wildman–Crippen MR) is 91.8 cm³/mol. The zero-order valence-electron chi connectivity index (χ0n) is 15.0. The highest BCUT2D eigenvalue weighted by Crippen LogP contribution is 2.39. The first-order valence-corrected chi connectivity index (χ1v) is 8.74. The second-order valence-electron chi connectivity index (χ2n) is 7.62. The second-order valence-corrected chi connectivity index (χ2v) is 7.62. The van der Waals surface area contributed by atoms with E-state index >= 15 is 0 Å². The number of amides is 1. The third-order valence-electron chi connectivity index (χ3n) is 5.47. The van der Waals surface area contributed by atoms with Gasteiger partial charge in [-0.1, -0.05) is 0 Å². The van der Waals surface area contributed by atoms with Gasteiger partial charge in [0.1, 0.15) is 12.6 Å². The summed E-state index contributed by atoms with van der Waals surface area (Å²) in [5.41, 5.74) is -2.44. The highest BCUT2D eigenvalue weighted by Gasteiger charge is 2.48. The zero-order valence-corrected chi connectivity index (χ0v) is 15.0. The van der Waals surface area contributed by atoms with E-state index in [-0.39, 0.29) is 19.1 Å². The molecular weight excluding hydrogens is 342 g/mol. The normalized spacial score (nSPS) is 28.3. The maximum Gasteiger partial charge on any atom is 0.328 e. The molecule has 1 aromatic rings. The molecule has 0 unspecified atom stereocenters. The lowest BCUT2D eigenvalue weighted by Crippen LogP contribution is -2.59. The van der Waals surface area contributed by atoms with Crippen molar-refractivity contribution in [2.75, 3.05) is 19.7 Å². The lowest BCUT2D eigenvalue weighted by atomic mass is 9.76. The van der Waals surface area contributed by atoms with E-state index in [0.29, 0.717) is 37.9 Å². The molecule has 1 spiro atoms. The summed E-state index contributed by atoms with van der Waals surface area (Å²) in [6.07, 6.45) is 1.90. The van der Waals surface area contributed by atoms with Crippen LogP contribution in [0.5, 0.6) is 0 Å². The first-order valence-electron chi connectivity index (χ1n) is 8.74. The number of rotatable bonds is 2. The minimum absolute atomic E-state index is 0.0764. The summed E-state index contributed by atoms with van der Waals surface area (Å²) >= 11 is 0. The van der Waals surface area contributed by atoms with Crippen molar-refractivity contribution >= 4 is 5.91 Å². The molecule has 9 heteroatoms. The van der Waals surface area contributed by atoms with Gasteiger partial charge in [-0.15, -0.1) is 0 Å². The summed E-state index contributed by atoms with van der Waals surface area (Å²) in [5, 5.41) is 20.2. The number of aromatic nitrogens is 2. The molecule has 2 aliphatic heterocycles. The van der Waals surface area contributed by atoms with Crippen molar-refractivity contribution < 1.29 is 19.7 Å². The molecule has 0 aromatic carbocycles. The van der Waals surface area contributed by atoms with Crippen molar-refractivity contribution in [2.45, 2.75) is 57.0 Å². The van der Waals surface area contributed by atoms with Crippen molar-refractivity contribution in [3.8, 4) is 0 Å². The number of likely N-dealkylation sites (tertiary alicyclic amines) is 1. The molecule has 0 aliphatic carbocycles. The minimum Gasteiger partial charge on any atom is -0.388 e. The van der Waals surface area contributed by atoms with Gasteiger partial charge >= 0.3 is 5.69 Å². The highest BCUT2D eigenvalue weighted by molar-refractivity contribution is 5.76. The van der Waals surface area contributed by atoms with E-state index in [4.69, 9.17) is 4.74 Å². The van der Waals surface area contributed by atoms with E-state index in [1.165, 1.54) is 10.8 Å². The van der Waals surface area contributed by atoms with E-state index in [9.17, 15) is 24.6 Å². The summed E-state index contributed by atoms with van der Waals surface area (Å²) in [7, 11) is 0. The van der Waals surface area contributed by atoms with Crippen LogP contribution in [0.1, 0.15) is 31.7 Å². The number of H-pyrrole nitrogens is 1. The Balaban J connectivity index is 1.63. The molecule has 3 N–H and O–H groups in total. The zero-order chi connectivity index (χ0) is 19.1. The van der Waals surface area contributed by atoms with E-state index in [2.05, 4.69) is 4.98 Å². The molecule has 2 atom stereocenters. The molecule has 2 saturated heterocycles. The highest BCUT2D eigenvalue weighted by atomic mass is 16.5. The van der Waals surface area contributed by atoms with E-state index < -0.39 is 28.6 Å². The average Bonchev–Trinajstić information content (AvgIpc) is 2.57. The Morgan fingerprint density at radius 2 is 2.04 bits per heavy atom. The smallest absolute Gasteiger partial charge is 0.328 e. The maximum atomic E-state index is 12.5. The van der Waals surface area contributed by atoms with Gasteiger partial charge in [-0.25, -0.2) is 4.79 Å². The Bertz CT molecular complexity index is 803. The molecule has 144 valence electrons. The molecule has 3 rings (SSSR count). The maximum absolute atomic E-state index is 12.5. The van der Waals surface area contributed by atoms with Gasteiger partial charge in [0.05, 0.1) is 17.8 Å². The largest absolute Gasteiger partial charge is 0.388 e. The molecule has 1 aromatic heterocycles. The van der Waals surface area contributed by atoms with Crippen molar-refractivity contribution in [3.05, 3.63) is 32.6 Å². The van der Waals surface area contributed by atoms with Crippen LogP contribution < -0.4 is 11.2 Å². The number of aliphatic hydroxyl groups excluding tert-OH is 1. The lowest BCUT2D eigenvalue weighted by molar-refractivity contribution is -0.222. The molecule has 0 radical (unpaired) electrons. The third-order valence-corrected chi connectivity index (χ3v) is 5.47. The van der Waals surface area contributed by atoms with Gasteiger partial charge in [0.25, 0.3) is 5.56 Å². The van der Waals surface area contributed by atoms with Gasteiger partial charge < -0.3 is 19.8 Å². The Morgan fingerprint density at radius 3 is 2.65 bits per heavy atom. The van der Waals surface area contributed by atoms with Gasteiger partial charge in [0, 0.05) is 31.3 Å². The molecule has 0 saturated carbocycles. The predicted octanol–water partition coefficient (Wildman–Crippen LogP) is -1.26. The number of ether oxygens (including phenoxy) is 1. The van der Waals surface area contributed by atoms with Crippen LogP contribution in [0.4, 0.5) is 0 Å². The Hall–Kier alpha value is -1.97. The number of nitrogens with one attached hydrogen (secondary N) is 1. The first kappa shape index (κ1) is 18.8. The number of hydrogen-bond acceptors (Lipinski definition) is 6. The summed E-state index contributed by atoms with van der Waals surface area (Å²) in [6.45, 7) is 4.01. The number of aromatic amines is 1. The van der Waals surface area contributed by atoms with Gasteiger partial charge in [-0.05, 0) is 26.7 Å². The minimum atomic E-state index is -1.20. The number of aliphatic hydroxyl groups is 2.